The fourth-order valence-electron chi connectivity index (χ4n) is 2.68. The topological polar surface area (TPSA) is 89.0 Å². The van der Waals surface area contributed by atoms with Crippen molar-refractivity contribution in [1.82, 2.24) is 10.7 Å². The van der Waals surface area contributed by atoms with E-state index in [1.54, 1.807) is 45.2 Å². The largest absolute Gasteiger partial charge is 0.493 e. The van der Waals surface area contributed by atoms with Gasteiger partial charge in [0, 0.05) is 0 Å². The van der Waals surface area contributed by atoms with Gasteiger partial charge in [-0.15, -0.1) is 0 Å². The monoisotopic (exact) mass is 415 g/mol. The molecule has 7 nitrogen and oxygen atoms in total. The van der Waals surface area contributed by atoms with Crippen molar-refractivity contribution in [3.63, 3.8) is 0 Å². The lowest BCUT2D eigenvalue weighted by Gasteiger charge is -2.20. The van der Waals surface area contributed by atoms with E-state index in [9.17, 15) is 14.0 Å². The molecule has 2 rings (SSSR count). The quantitative estimate of drug-likeness (QED) is 0.486. The highest BCUT2D eigenvalue weighted by Crippen LogP contribution is 2.27. The fourth-order valence-corrected chi connectivity index (χ4v) is 2.68. The Balaban J connectivity index is 2.06. The lowest BCUT2D eigenvalue weighted by atomic mass is 10.0. The van der Waals surface area contributed by atoms with Crippen LogP contribution < -0.4 is 20.2 Å². The third-order valence-electron chi connectivity index (χ3n) is 4.23. The Hall–Kier alpha value is -3.42. The molecule has 0 heterocycles. The Morgan fingerprint density at radius 2 is 1.90 bits per heavy atom. The number of nitrogens with zero attached hydrogens (tertiary/aromatic N) is 1. The van der Waals surface area contributed by atoms with E-state index < -0.39 is 23.7 Å². The molecular formula is C22H26FN3O4. The number of ether oxygens (including phenoxy) is 2. The van der Waals surface area contributed by atoms with Crippen LogP contribution in [0.3, 0.4) is 0 Å². The molecule has 2 aromatic carbocycles. The van der Waals surface area contributed by atoms with Gasteiger partial charge in [-0.1, -0.05) is 26.0 Å². The van der Waals surface area contributed by atoms with Crippen LogP contribution in [0.15, 0.2) is 47.6 Å². The molecule has 0 bridgehead atoms. The second-order valence-corrected chi connectivity index (χ2v) is 6.75. The summed E-state index contributed by atoms with van der Waals surface area (Å²) in [6.45, 7) is 5.88. The molecule has 2 N–H and O–H groups in total. The number of amides is 2. The first kappa shape index (κ1) is 22.9. The molecule has 2 aromatic rings. The van der Waals surface area contributed by atoms with Crippen LogP contribution in [-0.4, -0.2) is 37.8 Å². The van der Waals surface area contributed by atoms with E-state index in [0.717, 1.165) is 0 Å². The van der Waals surface area contributed by atoms with Gasteiger partial charge in [0.2, 0.25) is 0 Å². The Morgan fingerprint density at radius 1 is 1.17 bits per heavy atom. The average molecular weight is 415 g/mol. The van der Waals surface area contributed by atoms with Crippen LogP contribution in [0.1, 0.15) is 36.7 Å². The number of benzene rings is 2. The van der Waals surface area contributed by atoms with Crippen molar-refractivity contribution in [2.75, 3.05) is 13.7 Å². The van der Waals surface area contributed by atoms with Gasteiger partial charge in [0.05, 0.1) is 25.5 Å². The third kappa shape index (κ3) is 6.04. The molecule has 0 saturated heterocycles. The summed E-state index contributed by atoms with van der Waals surface area (Å²) >= 11 is 0. The summed E-state index contributed by atoms with van der Waals surface area (Å²) in [6, 6.07) is 9.94. The summed E-state index contributed by atoms with van der Waals surface area (Å²) in [5, 5.41) is 6.51. The molecule has 160 valence electrons. The zero-order valence-electron chi connectivity index (χ0n) is 17.4. The smallest absolute Gasteiger partial charge is 0.262 e. The van der Waals surface area contributed by atoms with Crippen molar-refractivity contribution in [2.24, 2.45) is 11.0 Å². The van der Waals surface area contributed by atoms with Crippen LogP contribution >= 0.6 is 0 Å². The van der Waals surface area contributed by atoms with Crippen molar-refractivity contribution in [2.45, 2.75) is 26.8 Å². The first-order chi connectivity index (χ1) is 14.4. The molecule has 2 amide bonds. The average Bonchev–Trinajstić information content (AvgIpc) is 2.72. The van der Waals surface area contributed by atoms with Gasteiger partial charge in [-0.05, 0) is 48.7 Å². The summed E-state index contributed by atoms with van der Waals surface area (Å²) in [5.74, 6) is -0.907. The minimum Gasteiger partial charge on any atom is -0.493 e. The van der Waals surface area contributed by atoms with E-state index in [2.05, 4.69) is 15.8 Å². The predicted octanol–water partition coefficient (Wildman–Crippen LogP) is 3.14. The highest BCUT2D eigenvalue weighted by atomic mass is 19.1. The van der Waals surface area contributed by atoms with Crippen LogP contribution in [-0.2, 0) is 4.79 Å². The maximum atomic E-state index is 13.8. The van der Waals surface area contributed by atoms with Crippen LogP contribution in [0.5, 0.6) is 11.5 Å². The van der Waals surface area contributed by atoms with Crippen molar-refractivity contribution < 1.29 is 23.5 Å². The number of carbonyl (C=O) groups excluding carboxylic acids is 2. The number of hydrogen-bond acceptors (Lipinski definition) is 5. The summed E-state index contributed by atoms with van der Waals surface area (Å²) in [6.07, 6.45) is 1.45. The van der Waals surface area contributed by atoms with Gasteiger partial charge in [-0.25, -0.2) is 9.82 Å². The van der Waals surface area contributed by atoms with E-state index in [4.69, 9.17) is 9.47 Å². The van der Waals surface area contributed by atoms with E-state index >= 15 is 0 Å². The minimum atomic E-state index is -0.885. The van der Waals surface area contributed by atoms with Crippen molar-refractivity contribution in [1.29, 1.82) is 0 Å². The summed E-state index contributed by atoms with van der Waals surface area (Å²) in [7, 11) is 1.55. The van der Waals surface area contributed by atoms with Crippen LogP contribution in [0, 0.1) is 11.7 Å². The van der Waals surface area contributed by atoms with Gasteiger partial charge < -0.3 is 14.8 Å². The molecule has 0 spiro atoms. The molecule has 1 unspecified atom stereocenters. The first-order valence-corrected chi connectivity index (χ1v) is 9.56. The zero-order chi connectivity index (χ0) is 22.1. The lowest BCUT2D eigenvalue weighted by Crippen LogP contribution is -2.48. The highest BCUT2D eigenvalue weighted by Gasteiger charge is 2.25. The van der Waals surface area contributed by atoms with Crippen LogP contribution in [0.4, 0.5) is 4.39 Å². The van der Waals surface area contributed by atoms with Crippen molar-refractivity contribution >= 4 is 18.0 Å². The minimum absolute atomic E-state index is 0.124. The zero-order valence-corrected chi connectivity index (χ0v) is 17.4. The third-order valence-corrected chi connectivity index (χ3v) is 4.23. The number of hydrazone groups is 1. The number of hydrogen-bond donors (Lipinski definition) is 2. The number of methoxy groups -OCH3 is 1. The number of halogens is 1. The highest BCUT2D eigenvalue weighted by molar-refractivity contribution is 5.98. The molecule has 0 aliphatic heterocycles. The van der Waals surface area contributed by atoms with Crippen LogP contribution in [0.2, 0.25) is 0 Å². The first-order valence-electron chi connectivity index (χ1n) is 9.56. The molecule has 30 heavy (non-hydrogen) atoms. The van der Waals surface area contributed by atoms with Gasteiger partial charge in [-0.3, -0.25) is 9.59 Å². The normalized spacial score (nSPS) is 11.9. The molecule has 0 radical (unpaired) electrons. The van der Waals surface area contributed by atoms with Gasteiger partial charge in [0.1, 0.15) is 11.9 Å². The molecular weight excluding hydrogens is 389 g/mol. The summed E-state index contributed by atoms with van der Waals surface area (Å²) < 4.78 is 24.6. The Morgan fingerprint density at radius 3 is 2.53 bits per heavy atom. The van der Waals surface area contributed by atoms with Gasteiger partial charge in [0.25, 0.3) is 11.8 Å². The van der Waals surface area contributed by atoms with Crippen molar-refractivity contribution in [3.8, 4) is 11.5 Å². The van der Waals surface area contributed by atoms with Crippen molar-refractivity contribution in [3.05, 3.63) is 59.4 Å². The Labute approximate surface area is 175 Å². The van der Waals surface area contributed by atoms with E-state index in [1.165, 1.54) is 24.4 Å². The lowest BCUT2D eigenvalue weighted by molar-refractivity contribution is -0.123. The van der Waals surface area contributed by atoms with E-state index in [1.807, 2.05) is 6.92 Å². The summed E-state index contributed by atoms with van der Waals surface area (Å²) in [4.78, 5) is 24.9. The molecule has 0 fully saturated rings. The number of carbonyl (C=O) groups is 2. The number of rotatable bonds is 9. The van der Waals surface area contributed by atoms with Crippen LogP contribution in [0.25, 0.3) is 0 Å². The maximum Gasteiger partial charge on any atom is 0.262 e. The second kappa shape index (κ2) is 10.9. The van der Waals surface area contributed by atoms with Gasteiger partial charge in [0.15, 0.2) is 11.5 Å². The molecule has 0 saturated carbocycles. The Bertz CT molecular complexity index is 915. The van der Waals surface area contributed by atoms with E-state index in [0.29, 0.717) is 23.7 Å². The number of nitrogens with one attached hydrogen (secondary N) is 2. The second-order valence-electron chi connectivity index (χ2n) is 6.75. The standard InChI is InChI=1S/C22H26FN3O4/c1-5-30-19-12-15(10-11-18(19)29-4)13-24-26-22(28)20(14(2)3)25-21(27)16-8-6-7-9-17(16)23/h6-14,20H,5H2,1-4H3,(H,25,27)(H,26,28). The predicted molar refractivity (Wildman–Crippen MR) is 112 cm³/mol. The molecule has 8 heteroatoms. The van der Waals surface area contributed by atoms with E-state index in [-0.39, 0.29) is 11.5 Å². The summed E-state index contributed by atoms with van der Waals surface area (Å²) in [5.41, 5.74) is 2.98. The molecule has 0 aromatic heterocycles. The Kier molecular flexibility index (Phi) is 8.34. The van der Waals surface area contributed by atoms with Gasteiger partial charge in [-0.2, -0.15) is 5.10 Å². The SMILES string of the molecule is CCOc1cc(C=NNC(=O)C(NC(=O)c2ccccc2F)C(C)C)ccc1OC. The van der Waals surface area contributed by atoms with Gasteiger partial charge >= 0.3 is 0 Å². The fraction of sp³-hybridized carbons (Fsp3) is 0.318. The molecule has 0 aliphatic rings. The molecule has 0 aliphatic carbocycles. The molecule has 1 atom stereocenters. The maximum absolute atomic E-state index is 13.8.